The molecule has 2 N–H and O–H groups in total. The van der Waals surface area contributed by atoms with Crippen molar-refractivity contribution in [3.05, 3.63) is 0 Å². The lowest BCUT2D eigenvalue weighted by molar-refractivity contribution is -0.109. The highest BCUT2D eigenvalue weighted by atomic mass is 31.2. The van der Waals surface area contributed by atoms with Crippen LogP contribution in [0.1, 0.15) is 26.7 Å². The van der Waals surface area contributed by atoms with E-state index in [4.69, 9.17) is 14.5 Å². The summed E-state index contributed by atoms with van der Waals surface area (Å²) < 4.78 is 15.8. The number of carbonyl (C=O) groups excluding carboxylic acids is 1. The molecule has 1 unspecified atom stereocenters. The Morgan fingerprint density at radius 2 is 2.00 bits per heavy atom. The molecular formula is C8H17O5P. The molecule has 0 aromatic heterocycles. The summed E-state index contributed by atoms with van der Waals surface area (Å²) in [7, 11) is -4.31. The SMILES string of the molecule is CC(C)CCOC(CC=O)P(=O)(O)O. The van der Waals surface area contributed by atoms with Crippen molar-refractivity contribution in [2.24, 2.45) is 5.92 Å². The molecule has 0 rings (SSSR count). The Morgan fingerprint density at radius 3 is 2.36 bits per heavy atom. The van der Waals surface area contributed by atoms with Crippen LogP contribution in [0.4, 0.5) is 0 Å². The number of hydrogen-bond donors (Lipinski definition) is 2. The standard InChI is InChI=1S/C8H17O5P/c1-7(2)4-6-13-8(3-5-9)14(10,11)12/h5,7-8H,3-4,6H2,1-2H3,(H2,10,11,12). The number of ether oxygens (including phenoxy) is 1. The summed E-state index contributed by atoms with van der Waals surface area (Å²) in [5.74, 6) is -0.873. The Balaban J connectivity index is 3.98. The van der Waals surface area contributed by atoms with Gasteiger partial charge >= 0.3 is 7.60 Å². The van der Waals surface area contributed by atoms with Gasteiger partial charge in [-0.25, -0.2) is 0 Å². The maximum atomic E-state index is 10.8. The molecular weight excluding hydrogens is 207 g/mol. The first kappa shape index (κ1) is 13.8. The number of rotatable bonds is 7. The van der Waals surface area contributed by atoms with Crippen molar-refractivity contribution in [2.75, 3.05) is 6.61 Å². The fraction of sp³-hybridized carbons (Fsp3) is 0.875. The first-order valence-electron chi connectivity index (χ1n) is 4.48. The van der Waals surface area contributed by atoms with Crippen LogP contribution in [0.25, 0.3) is 0 Å². The molecule has 0 bridgehead atoms. The van der Waals surface area contributed by atoms with E-state index in [0.717, 1.165) is 6.42 Å². The molecule has 0 aliphatic rings. The first-order chi connectivity index (χ1) is 6.38. The van der Waals surface area contributed by atoms with E-state index >= 15 is 0 Å². The Kier molecular flexibility index (Phi) is 6.20. The highest BCUT2D eigenvalue weighted by Gasteiger charge is 2.28. The van der Waals surface area contributed by atoms with Crippen molar-refractivity contribution in [3.63, 3.8) is 0 Å². The summed E-state index contributed by atoms with van der Waals surface area (Å²) in [4.78, 5) is 27.7. The van der Waals surface area contributed by atoms with Crippen LogP contribution in [0, 0.1) is 5.92 Å². The third-order valence-electron chi connectivity index (χ3n) is 1.68. The minimum atomic E-state index is -4.31. The van der Waals surface area contributed by atoms with Gasteiger partial charge in [-0.2, -0.15) is 0 Å². The maximum Gasteiger partial charge on any atom is 0.354 e. The molecule has 5 nitrogen and oxygen atoms in total. The fourth-order valence-electron chi connectivity index (χ4n) is 0.825. The fourth-order valence-corrected chi connectivity index (χ4v) is 1.48. The van der Waals surface area contributed by atoms with Gasteiger partial charge in [0.2, 0.25) is 0 Å². The van der Waals surface area contributed by atoms with Crippen LogP contribution >= 0.6 is 7.60 Å². The monoisotopic (exact) mass is 224 g/mol. The molecule has 6 heteroatoms. The predicted octanol–water partition coefficient (Wildman–Crippen LogP) is 1.14. The highest BCUT2D eigenvalue weighted by molar-refractivity contribution is 7.52. The molecule has 0 fully saturated rings. The Hall–Kier alpha value is -0.220. The average molecular weight is 224 g/mol. The Labute approximate surface area is 83.6 Å². The van der Waals surface area contributed by atoms with Crippen LogP contribution < -0.4 is 0 Å². The van der Waals surface area contributed by atoms with Gasteiger partial charge in [0.25, 0.3) is 0 Å². The number of aldehydes is 1. The van der Waals surface area contributed by atoms with Crippen LogP contribution in [0.2, 0.25) is 0 Å². The highest BCUT2D eigenvalue weighted by Crippen LogP contribution is 2.43. The lowest BCUT2D eigenvalue weighted by Crippen LogP contribution is -2.15. The van der Waals surface area contributed by atoms with Gasteiger partial charge in [-0.3, -0.25) is 4.57 Å². The van der Waals surface area contributed by atoms with Crippen molar-refractivity contribution in [3.8, 4) is 0 Å². The van der Waals surface area contributed by atoms with Crippen molar-refractivity contribution in [1.82, 2.24) is 0 Å². The Morgan fingerprint density at radius 1 is 1.43 bits per heavy atom. The molecule has 0 aliphatic carbocycles. The molecule has 0 amide bonds. The summed E-state index contributed by atoms with van der Waals surface area (Å²) in [6, 6.07) is 0. The van der Waals surface area contributed by atoms with Crippen molar-refractivity contribution < 1.29 is 23.9 Å². The lowest BCUT2D eigenvalue weighted by Gasteiger charge is -2.17. The summed E-state index contributed by atoms with van der Waals surface area (Å²) >= 11 is 0. The summed E-state index contributed by atoms with van der Waals surface area (Å²) in [5, 5.41) is 0. The van der Waals surface area contributed by atoms with Crippen LogP contribution in [0.3, 0.4) is 0 Å². The lowest BCUT2D eigenvalue weighted by atomic mass is 10.1. The van der Waals surface area contributed by atoms with Gasteiger partial charge in [-0.1, -0.05) is 13.8 Å². The van der Waals surface area contributed by atoms with Crippen molar-refractivity contribution >= 4 is 13.9 Å². The van der Waals surface area contributed by atoms with Crippen LogP contribution in [0.5, 0.6) is 0 Å². The van der Waals surface area contributed by atoms with E-state index in [1.807, 2.05) is 13.8 Å². The predicted molar refractivity (Wildman–Crippen MR) is 51.9 cm³/mol. The second kappa shape index (κ2) is 6.30. The van der Waals surface area contributed by atoms with Gasteiger partial charge in [0.15, 0.2) is 5.85 Å². The number of hydrogen-bond acceptors (Lipinski definition) is 3. The van der Waals surface area contributed by atoms with E-state index < -0.39 is 13.4 Å². The zero-order chi connectivity index (χ0) is 11.2. The molecule has 0 aromatic rings. The number of carbonyl (C=O) groups is 1. The van der Waals surface area contributed by atoms with Crippen LogP contribution in [0.15, 0.2) is 0 Å². The van der Waals surface area contributed by atoms with Crippen molar-refractivity contribution in [2.45, 2.75) is 32.5 Å². The second-order valence-electron chi connectivity index (χ2n) is 3.50. The minimum absolute atomic E-state index is 0.262. The molecule has 0 saturated heterocycles. The van der Waals surface area contributed by atoms with Crippen LogP contribution in [-0.2, 0) is 14.1 Å². The third kappa shape index (κ3) is 6.27. The minimum Gasteiger partial charge on any atom is -0.365 e. The molecule has 84 valence electrons. The van der Waals surface area contributed by atoms with E-state index in [0.29, 0.717) is 12.2 Å². The van der Waals surface area contributed by atoms with Gasteiger partial charge in [0.05, 0.1) is 0 Å². The maximum absolute atomic E-state index is 10.8. The summed E-state index contributed by atoms with van der Waals surface area (Å²) in [6.07, 6.45) is 0.914. The summed E-state index contributed by atoms with van der Waals surface area (Å²) in [5.41, 5.74) is 0. The largest absolute Gasteiger partial charge is 0.365 e. The second-order valence-corrected chi connectivity index (χ2v) is 5.25. The molecule has 1 atom stereocenters. The van der Waals surface area contributed by atoms with Crippen LogP contribution in [-0.4, -0.2) is 28.5 Å². The molecule has 0 aromatic carbocycles. The summed E-state index contributed by atoms with van der Waals surface area (Å²) in [6.45, 7) is 4.23. The first-order valence-corrected chi connectivity index (χ1v) is 6.16. The molecule has 0 radical (unpaired) electrons. The zero-order valence-corrected chi connectivity index (χ0v) is 9.31. The van der Waals surface area contributed by atoms with Gasteiger partial charge in [-0.15, -0.1) is 0 Å². The van der Waals surface area contributed by atoms with Gasteiger partial charge in [0, 0.05) is 13.0 Å². The average Bonchev–Trinajstić information content (AvgIpc) is 2.00. The van der Waals surface area contributed by atoms with E-state index in [1.54, 1.807) is 0 Å². The molecule has 0 heterocycles. The molecule has 0 spiro atoms. The van der Waals surface area contributed by atoms with E-state index in [-0.39, 0.29) is 13.0 Å². The van der Waals surface area contributed by atoms with E-state index in [2.05, 4.69) is 0 Å². The normalized spacial score (nSPS) is 14.4. The third-order valence-corrected chi connectivity index (χ3v) is 2.79. The van der Waals surface area contributed by atoms with Gasteiger partial charge in [-0.05, 0) is 12.3 Å². The molecule has 0 aliphatic heterocycles. The zero-order valence-electron chi connectivity index (χ0n) is 8.42. The van der Waals surface area contributed by atoms with Crippen molar-refractivity contribution in [1.29, 1.82) is 0 Å². The van der Waals surface area contributed by atoms with Gasteiger partial charge in [0.1, 0.15) is 6.29 Å². The Bertz CT molecular complexity index is 210. The quantitative estimate of drug-likeness (QED) is 0.500. The van der Waals surface area contributed by atoms with Gasteiger partial charge < -0.3 is 19.3 Å². The molecule has 0 saturated carbocycles. The smallest absolute Gasteiger partial charge is 0.354 e. The van der Waals surface area contributed by atoms with E-state index in [1.165, 1.54) is 0 Å². The molecule has 14 heavy (non-hydrogen) atoms. The van der Waals surface area contributed by atoms with E-state index in [9.17, 15) is 9.36 Å². The topological polar surface area (TPSA) is 83.8 Å².